The number of nitrogens with zero attached hydrogens (tertiary/aromatic N) is 1. The van der Waals surface area contributed by atoms with Crippen LogP contribution in [0.15, 0.2) is 127 Å². The predicted molar refractivity (Wildman–Crippen MR) is 154 cm³/mol. The van der Waals surface area contributed by atoms with E-state index in [2.05, 4.69) is 98.6 Å². The van der Waals surface area contributed by atoms with Gasteiger partial charge in [0.05, 0.1) is 11.0 Å². The van der Waals surface area contributed by atoms with Gasteiger partial charge in [-0.2, -0.15) is 0 Å². The molecule has 176 valence electrons. The van der Waals surface area contributed by atoms with Gasteiger partial charge in [0.25, 0.3) is 0 Å². The zero-order valence-corrected chi connectivity index (χ0v) is 20.8. The van der Waals surface area contributed by atoms with Crippen LogP contribution in [0.1, 0.15) is 32.8 Å². The molecule has 1 heterocycles. The number of allylic oxidation sites excluding steroid dienone is 8. The third-order valence-corrected chi connectivity index (χ3v) is 6.32. The third-order valence-electron chi connectivity index (χ3n) is 6.32. The largest absolute Gasteiger partial charge is 0.355 e. The summed E-state index contributed by atoms with van der Waals surface area (Å²) in [5.41, 5.74) is 8.90. The Hall–Kier alpha value is -4.24. The minimum Gasteiger partial charge on any atom is -0.355 e. The average molecular weight is 460 g/mol. The molecule has 0 aliphatic heterocycles. The fraction of sp³-hybridized carbons (Fsp3) is 0.125. The van der Waals surface area contributed by atoms with Gasteiger partial charge in [-0.3, -0.25) is 4.68 Å². The van der Waals surface area contributed by atoms with Gasteiger partial charge >= 0.3 is 0 Å². The molecule has 0 unspecified atom stereocenters. The number of hydrogen-bond acceptors (Lipinski definition) is 2. The lowest BCUT2D eigenvalue weighted by Crippen LogP contribution is -2.06. The minimum atomic E-state index is 0.918. The topological polar surface area (TPSA) is 43.0 Å². The third kappa shape index (κ3) is 4.99. The van der Waals surface area contributed by atoms with Crippen LogP contribution in [0.5, 0.6) is 0 Å². The number of hydrogen-bond donors (Lipinski definition) is 2. The van der Waals surface area contributed by atoms with Crippen LogP contribution in [0, 0.1) is 0 Å². The van der Waals surface area contributed by atoms with E-state index in [0.717, 1.165) is 50.7 Å². The highest BCUT2D eigenvalue weighted by Gasteiger charge is 2.10. The summed E-state index contributed by atoms with van der Waals surface area (Å²) in [5.74, 6) is 6.34. The number of nitrogen functional groups attached to an aromatic ring is 1. The molecule has 0 fully saturated rings. The summed E-state index contributed by atoms with van der Waals surface area (Å²) in [4.78, 5) is 0. The Balaban J connectivity index is 1.73. The number of aromatic nitrogens is 1. The first-order valence-corrected chi connectivity index (χ1v) is 12.0. The molecule has 0 aliphatic carbocycles. The van der Waals surface area contributed by atoms with Crippen LogP contribution in [0.4, 0.5) is 5.69 Å². The predicted octanol–water partition coefficient (Wildman–Crippen LogP) is 8.38. The standard InChI is InChI=1S/C32H33N3/c1-5-13-30(34-26-14-9-8-10-15-26)27(7-3)23(4)18-19-24(6-2)25-20-21-32-29(22-25)28-16-11-12-17-31(28)35(32)33/h5-6,8-22,34H,2,7,33H2,1,3-4H3/b13-5-,23-18+,24-19+,30-27-. The van der Waals surface area contributed by atoms with E-state index in [1.807, 2.05) is 37.3 Å². The Morgan fingerprint density at radius 1 is 0.943 bits per heavy atom. The van der Waals surface area contributed by atoms with Crippen LogP contribution in [-0.4, -0.2) is 4.68 Å². The Labute approximate surface area is 208 Å². The summed E-state index contributed by atoms with van der Waals surface area (Å²) in [5, 5.41) is 5.88. The number of para-hydroxylation sites is 2. The van der Waals surface area contributed by atoms with E-state index in [1.165, 1.54) is 11.1 Å². The first-order chi connectivity index (χ1) is 17.1. The number of nitrogens with two attached hydrogens (primary N) is 1. The normalized spacial score (nSPS) is 13.5. The van der Waals surface area contributed by atoms with Gasteiger partial charge in [-0.1, -0.05) is 80.3 Å². The molecule has 3 heteroatoms. The average Bonchev–Trinajstić information content (AvgIpc) is 3.17. The highest BCUT2D eigenvalue weighted by atomic mass is 15.3. The SMILES string of the molecule is C=C\C(=C/C=C(C)/C(CC)=C(/C=C\C)Nc1ccccc1)c1ccc2c(c1)c1ccccc1n2N. The van der Waals surface area contributed by atoms with E-state index in [0.29, 0.717) is 0 Å². The van der Waals surface area contributed by atoms with Gasteiger partial charge < -0.3 is 11.2 Å². The molecule has 0 saturated heterocycles. The molecular formula is C32H33N3. The Bertz CT molecular complexity index is 1480. The molecule has 3 aromatic carbocycles. The molecule has 0 amide bonds. The van der Waals surface area contributed by atoms with Crippen molar-refractivity contribution >= 4 is 33.1 Å². The molecule has 0 atom stereocenters. The van der Waals surface area contributed by atoms with Crippen molar-refractivity contribution in [2.45, 2.75) is 27.2 Å². The fourth-order valence-electron chi connectivity index (χ4n) is 4.52. The summed E-state index contributed by atoms with van der Waals surface area (Å²) >= 11 is 0. The summed E-state index contributed by atoms with van der Waals surface area (Å²) in [6.07, 6.45) is 11.4. The van der Waals surface area contributed by atoms with Crippen LogP contribution in [0.25, 0.3) is 27.4 Å². The van der Waals surface area contributed by atoms with Gasteiger partial charge in [0.15, 0.2) is 0 Å². The van der Waals surface area contributed by atoms with E-state index >= 15 is 0 Å². The maximum Gasteiger partial charge on any atom is 0.0704 e. The fourth-order valence-corrected chi connectivity index (χ4v) is 4.52. The van der Waals surface area contributed by atoms with Gasteiger partial charge in [-0.15, -0.1) is 0 Å². The molecule has 1 aromatic heterocycles. The first-order valence-electron chi connectivity index (χ1n) is 12.0. The summed E-state index contributed by atoms with van der Waals surface area (Å²) in [6, 6.07) is 24.9. The molecule has 35 heavy (non-hydrogen) atoms. The van der Waals surface area contributed by atoms with Crippen molar-refractivity contribution in [3.63, 3.8) is 0 Å². The molecular weight excluding hydrogens is 426 g/mol. The van der Waals surface area contributed by atoms with Crippen molar-refractivity contribution in [3.05, 3.63) is 132 Å². The molecule has 4 aromatic rings. The number of rotatable bonds is 8. The van der Waals surface area contributed by atoms with Gasteiger partial charge in [0.1, 0.15) is 0 Å². The molecule has 0 radical (unpaired) electrons. The van der Waals surface area contributed by atoms with Crippen LogP contribution < -0.4 is 11.2 Å². The molecule has 0 aliphatic rings. The van der Waals surface area contributed by atoms with E-state index in [1.54, 1.807) is 4.68 Å². The second-order valence-corrected chi connectivity index (χ2v) is 8.53. The van der Waals surface area contributed by atoms with E-state index < -0.39 is 0 Å². The van der Waals surface area contributed by atoms with Crippen molar-refractivity contribution in [3.8, 4) is 0 Å². The molecule has 3 nitrogen and oxygen atoms in total. The summed E-state index contributed by atoms with van der Waals surface area (Å²) in [7, 11) is 0. The van der Waals surface area contributed by atoms with Crippen molar-refractivity contribution in [1.82, 2.24) is 4.68 Å². The van der Waals surface area contributed by atoms with E-state index in [9.17, 15) is 0 Å². The quantitative estimate of drug-likeness (QED) is 0.205. The zero-order chi connectivity index (χ0) is 24.8. The lowest BCUT2D eigenvalue weighted by molar-refractivity contribution is 1.08. The Kier molecular flexibility index (Phi) is 7.37. The number of benzene rings is 3. The summed E-state index contributed by atoms with van der Waals surface area (Å²) < 4.78 is 1.76. The van der Waals surface area contributed by atoms with Crippen LogP contribution in [0.3, 0.4) is 0 Å². The highest BCUT2D eigenvalue weighted by molar-refractivity contribution is 6.09. The van der Waals surface area contributed by atoms with Gasteiger partial charge in [0, 0.05) is 22.2 Å². The first kappa shape index (κ1) is 23.9. The van der Waals surface area contributed by atoms with Crippen molar-refractivity contribution in [1.29, 1.82) is 0 Å². The lowest BCUT2D eigenvalue weighted by Gasteiger charge is -2.14. The van der Waals surface area contributed by atoms with Crippen LogP contribution >= 0.6 is 0 Å². The number of fused-ring (bicyclic) bond motifs is 3. The maximum atomic E-state index is 6.34. The lowest BCUT2D eigenvalue weighted by atomic mass is 9.98. The Morgan fingerprint density at radius 3 is 2.37 bits per heavy atom. The van der Waals surface area contributed by atoms with Crippen LogP contribution in [-0.2, 0) is 0 Å². The Morgan fingerprint density at radius 2 is 1.66 bits per heavy atom. The van der Waals surface area contributed by atoms with Gasteiger partial charge in [-0.05, 0) is 79.0 Å². The molecule has 3 N–H and O–H groups in total. The van der Waals surface area contributed by atoms with Gasteiger partial charge in [-0.25, -0.2) is 0 Å². The zero-order valence-electron chi connectivity index (χ0n) is 20.8. The van der Waals surface area contributed by atoms with Gasteiger partial charge in [0.2, 0.25) is 0 Å². The monoisotopic (exact) mass is 459 g/mol. The van der Waals surface area contributed by atoms with E-state index in [-0.39, 0.29) is 0 Å². The maximum absolute atomic E-state index is 6.34. The molecule has 0 spiro atoms. The minimum absolute atomic E-state index is 0.918. The van der Waals surface area contributed by atoms with E-state index in [4.69, 9.17) is 5.84 Å². The summed E-state index contributed by atoms with van der Waals surface area (Å²) in [6.45, 7) is 10.5. The molecule has 4 rings (SSSR count). The number of anilines is 1. The smallest absolute Gasteiger partial charge is 0.0704 e. The second kappa shape index (κ2) is 10.8. The second-order valence-electron chi connectivity index (χ2n) is 8.53. The number of nitrogens with one attached hydrogen (secondary N) is 1. The van der Waals surface area contributed by atoms with Crippen molar-refractivity contribution in [2.24, 2.45) is 0 Å². The van der Waals surface area contributed by atoms with Crippen molar-refractivity contribution in [2.75, 3.05) is 11.2 Å². The van der Waals surface area contributed by atoms with Crippen LogP contribution in [0.2, 0.25) is 0 Å². The molecule has 0 bridgehead atoms. The highest BCUT2D eigenvalue weighted by Crippen LogP contribution is 2.30. The van der Waals surface area contributed by atoms with Crippen molar-refractivity contribution < 1.29 is 0 Å². The molecule has 0 saturated carbocycles.